The van der Waals surface area contributed by atoms with E-state index in [1.165, 1.54) is 6.07 Å². The van der Waals surface area contributed by atoms with Crippen molar-refractivity contribution in [2.45, 2.75) is 13.5 Å². The third kappa shape index (κ3) is 2.43. The Bertz CT molecular complexity index is 752. The number of aromatic amines is 1. The maximum absolute atomic E-state index is 14.1. The molecule has 0 atom stereocenters. The largest absolute Gasteiger partial charge is 0.485 e. The summed E-state index contributed by atoms with van der Waals surface area (Å²) in [6, 6.07) is 13.0. The van der Waals surface area contributed by atoms with Crippen LogP contribution in [0.3, 0.4) is 0 Å². The molecule has 1 N–H and O–H groups in total. The van der Waals surface area contributed by atoms with Gasteiger partial charge in [-0.2, -0.15) is 0 Å². The molecule has 2 nitrogen and oxygen atoms in total. The molecule has 1 heterocycles. The van der Waals surface area contributed by atoms with Gasteiger partial charge in [0.05, 0.1) is 5.52 Å². The standard InChI is InChI=1S/C16H13BrFNO/c1-10-7-12-15(19-10)13(17)8-14(18)16(12)20-9-11-5-3-2-4-6-11/h2-8,19H,9H2,1H3. The first-order valence-electron chi connectivity index (χ1n) is 6.29. The van der Waals surface area contributed by atoms with Crippen molar-refractivity contribution in [2.24, 2.45) is 0 Å². The molecule has 3 aromatic rings. The topological polar surface area (TPSA) is 25.0 Å². The van der Waals surface area contributed by atoms with Gasteiger partial charge in [-0.1, -0.05) is 30.3 Å². The highest BCUT2D eigenvalue weighted by molar-refractivity contribution is 9.10. The second-order valence-corrected chi connectivity index (χ2v) is 5.54. The third-order valence-corrected chi connectivity index (χ3v) is 3.76. The minimum atomic E-state index is -0.362. The minimum Gasteiger partial charge on any atom is -0.485 e. The molecule has 20 heavy (non-hydrogen) atoms. The number of benzene rings is 2. The van der Waals surface area contributed by atoms with Crippen LogP contribution in [0, 0.1) is 12.7 Å². The lowest BCUT2D eigenvalue weighted by Crippen LogP contribution is -1.98. The van der Waals surface area contributed by atoms with E-state index in [0.717, 1.165) is 22.2 Å². The van der Waals surface area contributed by atoms with Crippen LogP contribution in [0.2, 0.25) is 0 Å². The fourth-order valence-corrected chi connectivity index (χ4v) is 2.72. The van der Waals surface area contributed by atoms with Crippen LogP contribution < -0.4 is 4.74 Å². The van der Waals surface area contributed by atoms with E-state index in [2.05, 4.69) is 20.9 Å². The zero-order valence-electron chi connectivity index (χ0n) is 10.9. The summed E-state index contributed by atoms with van der Waals surface area (Å²) in [5.74, 6) is -0.0734. The maximum atomic E-state index is 14.1. The first kappa shape index (κ1) is 13.2. The number of H-pyrrole nitrogens is 1. The van der Waals surface area contributed by atoms with Crippen LogP contribution in [0.4, 0.5) is 4.39 Å². The van der Waals surface area contributed by atoms with E-state index >= 15 is 0 Å². The number of aromatic nitrogens is 1. The zero-order chi connectivity index (χ0) is 14.1. The van der Waals surface area contributed by atoms with Crippen molar-refractivity contribution in [3.05, 3.63) is 64.0 Å². The van der Waals surface area contributed by atoms with Crippen LogP contribution in [0.1, 0.15) is 11.3 Å². The molecule has 0 unspecified atom stereocenters. The number of fused-ring (bicyclic) bond motifs is 1. The molecule has 0 saturated carbocycles. The first-order chi connectivity index (χ1) is 9.65. The van der Waals surface area contributed by atoms with E-state index in [0.29, 0.717) is 11.1 Å². The van der Waals surface area contributed by atoms with Crippen molar-refractivity contribution in [1.29, 1.82) is 0 Å². The summed E-state index contributed by atoms with van der Waals surface area (Å²) in [5, 5.41) is 0.755. The highest BCUT2D eigenvalue weighted by Gasteiger charge is 2.14. The molecule has 0 aliphatic heterocycles. The Morgan fingerprint density at radius 3 is 2.70 bits per heavy atom. The number of hydrogen-bond acceptors (Lipinski definition) is 1. The first-order valence-corrected chi connectivity index (χ1v) is 7.08. The predicted octanol–water partition coefficient (Wildman–Crippen LogP) is 4.96. The quantitative estimate of drug-likeness (QED) is 0.720. The molecule has 0 aliphatic rings. The van der Waals surface area contributed by atoms with E-state index in [-0.39, 0.29) is 11.6 Å². The van der Waals surface area contributed by atoms with Crippen molar-refractivity contribution in [3.63, 3.8) is 0 Å². The Balaban J connectivity index is 1.98. The SMILES string of the molecule is Cc1cc2c(OCc3ccccc3)c(F)cc(Br)c2[nH]1. The van der Waals surface area contributed by atoms with E-state index in [1.807, 2.05) is 43.3 Å². The second kappa shape index (κ2) is 5.29. The number of hydrogen-bond donors (Lipinski definition) is 1. The Hall–Kier alpha value is -1.81. The van der Waals surface area contributed by atoms with E-state index in [9.17, 15) is 4.39 Å². The van der Waals surface area contributed by atoms with Crippen molar-refractivity contribution >= 4 is 26.8 Å². The summed E-state index contributed by atoms with van der Waals surface area (Å²) in [5.41, 5.74) is 2.83. The van der Waals surface area contributed by atoms with Gasteiger partial charge >= 0.3 is 0 Å². The van der Waals surface area contributed by atoms with Crippen LogP contribution in [0.25, 0.3) is 10.9 Å². The summed E-state index contributed by atoms with van der Waals surface area (Å²) in [6.45, 7) is 2.28. The number of aryl methyl sites for hydroxylation is 1. The minimum absolute atomic E-state index is 0.288. The average Bonchev–Trinajstić information content (AvgIpc) is 2.82. The maximum Gasteiger partial charge on any atom is 0.166 e. The molecule has 0 saturated heterocycles. The summed E-state index contributed by atoms with van der Waals surface area (Å²) in [7, 11) is 0. The smallest absolute Gasteiger partial charge is 0.166 e. The van der Waals surface area contributed by atoms with Gasteiger partial charge in [-0.05, 0) is 40.5 Å². The van der Waals surface area contributed by atoms with Gasteiger partial charge in [-0.3, -0.25) is 0 Å². The number of rotatable bonds is 3. The monoisotopic (exact) mass is 333 g/mol. The molecule has 0 fully saturated rings. The average molecular weight is 334 g/mol. The van der Waals surface area contributed by atoms with Crippen LogP contribution >= 0.6 is 15.9 Å². The number of halogens is 2. The van der Waals surface area contributed by atoms with E-state index in [1.54, 1.807) is 0 Å². The lowest BCUT2D eigenvalue weighted by atomic mass is 10.2. The fraction of sp³-hybridized carbons (Fsp3) is 0.125. The Morgan fingerprint density at radius 1 is 1.20 bits per heavy atom. The van der Waals surface area contributed by atoms with Crippen molar-refractivity contribution in [3.8, 4) is 5.75 Å². The van der Waals surface area contributed by atoms with Gasteiger partial charge in [-0.15, -0.1) is 0 Å². The second-order valence-electron chi connectivity index (χ2n) is 4.68. The third-order valence-electron chi connectivity index (χ3n) is 3.13. The molecular weight excluding hydrogens is 321 g/mol. The van der Waals surface area contributed by atoms with Gasteiger partial charge in [0, 0.05) is 15.6 Å². The Morgan fingerprint density at radius 2 is 1.95 bits per heavy atom. The molecule has 3 rings (SSSR count). The lowest BCUT2D eigenvalue weighted by Gasteiger charge is -2.09. The molecule has 1 aromatic heterocycles. The molecule has 0 aliphatic carbocycles. The van der Waals surface area contributed by atoms with Gasteiger partial charge in [0.1, 0.15) is 6.61 Å². The van der Waals surface area contributed by atoms with Gasteiger partial charge in [0.25, 0.3) is 0 Å². The van der Waals surface area contributed by atoms with E-state index in [4.69, 9.17) is 4.74 Å². The van der Waals surface area contributed by atoms with Crippen LogP contribution in [-0.2, 0) is 6.61 Å². The molecular formula is C16H13BrFNO. The van der Waals surface area contributed by atoms with Crippen LogP contribution in [0.15, 0.2) is 46.9 Å². The Kier molecular flexibility index (Phi) is 3.49. The normalized spacial score (nSPS) is 10.9. The highest BCUT2D eigenvalue weighted by Crippen LogP contribution is 2.35. The highest BCUT2D eigenvalue weighted by atomic mass is 79.9. The van der Waals surface area contributed by atoms with Crippen LogP contribution in [-0.4, -0.2) is 4.98 Å². The van der Waals surface area contributed by atoms with Gasteiger partial charge < -0.3 is 9.72 Å². The number of nitrogens with one attached hydrogen (secondary N) is 1. The van der Waals surface area contributed by atoms with Gasteiger partial charge in [-0.25, -0.2) is 4.39 Å². The molecule has 0 amide bonds. The summed E-state index contributed by atoms with van der Waals surface area (Å²) in [6.07, 6.45) is 0. The Labute approximate surface area is 124 Å². The summed E-state index contributed by atoms with van der Waals surface area (Å²) >= 11 is 3.36. The van der Waals surface area contributed by atoms with Gasteiger partial charge in [0.2, 0.25) is 0 Å². The summed E-state index contributed by atoms with van der Waals surface area (Å²) < 4.78 is 20.5. The van der Waals surface area contributed by atoms with Crippen molar-refractivity contribution in [2.75, 3.05) is 0 Å². The van der Waals surface area contributed by atoms with E-state index < -0.39 is 0 Å². The van der Waals surface area contributed by atoms with Gasteiger partial charge in [0.15, 0.2) is 11.6 Å². The lowest BCUT2D eigenvalue weighted by molar-refractivity contribution is 0.294. The fourth-order valence-electron chi connectivity index (χ4n) is 2.21. The molecule has 0 radical (unpaired) electrons. The van der Waals surface area contributed by atoms with Crippen molar-refractivity contribution in [1.82, 2.24) is 4.98 Å². The number of ether oxygens (including phenoxy) is 1. The van der Waals surface area contributed by atoms with Crippen molar-refractivity contribution < 1.29 is 9.13 Å². The zero-order valence-corrected chi connectivity index (χ0v) is 12.5. The molecule has 2 aromatic carbocycles. The molecule has 102 valence electrons. The summed E-state index contributed by atoms with van der Waals surface area (Å²) in [4.78, 5) is 3.20. The predicted molar refractivity (Wildman–Crippen MR) is 81.5 cm³/mol. The molecule has 0 spiro atoms. The molecule has 4 heteroatoms. The molecule has 0 bridgehead atoms. The van der Waals surface area contributed by atoms with Crippen LogP contribution in [0.5, 0.6) is 5.75 Å².